The van der Waals surface area contributed by atoms with E-state index in [1.807, 2.05) is 75.4 Å². The first-order chi connectivity index (χ1) is 18.8. The number of amides is 1. The lowest BCUT2D eigenvalue weighted by atomic mass is 9.93. The van der Waals surface area contributed by atoms with Gasteiger partial charge in [-0.2, -0.15) is 0 Å². The normalized spacial score (nSPS) is 16.8. The smallest absolute Gasteiger partial charge is 0.295 e. The van der Waals surface area contributed by atoms with Crippen molar-refractivity contribution in [2.45, 2.75) is 39.3 Å². The minimum atomic E-state index is -0.805. The van der Waals surface area contributed by atoms with Gasteiger partial charge in [-0.1, -0.05) is 50.2 Å². The van der Waals surface area contributed by atoms with Crippen LogP contribution in [-0.2, 0) is 16.1 Å². The van der Waals surface area contributed by atoms with Crippen LogP contribution in [0.1, 0.15) is 55.0 Å². The predicted molar refractivity (Wildman–Crippen MR) is 151 cm³/mol. The van der Waals surface area contributed by atoms with Crippen LogP contribution in [0.2, 0.25) is 0 Å². The molecule has 5 rings (SSSR count). The molecule has 7 nitrogen and oxygen atoms in total. The lowest BCUT2D eigenvalue weighted by molar-refractivity contribution is -0.140. The molecule has 0 saturated carbocycles. The summed E-state index contributed by atoms with van der Waals surface area (Å²) in [4.78, 5) is 32.0. The Labute approximate surface area is 227 Å². The van der Waals surface area contributed by atoms with E-state index in [1.165, 1.54) is 4.90 Å². The first-order valence-electron chi connectivity index (χ1n) is 13.1. The molecule has 7 heteroatoms. The van der Waals surface area contributed by atoms with Gasteiger partial charge in [0.15, 0.2) is 0 Å². The number of Topliss-reactive ketones (excluding diaryl/α,β-unsaturated/α-hetero) is 1. The standard InChI is InChI=1S/C32H32N2O5/c1-5-39-27-15-14-20(16-23(27)19(2)3)30(35)28-29(24-17-33-25-12-8-7-11-22(24)25)34(32(37)31(28)36)18-21-10-6-9-13-26(21)38-4/h6-17,19,29,33,35H,5,18H2,1-4H3/b30-28+. The van der Waals surface area contributed by atoms with Crippen LogP contribution < -0.4 is 9.47 Å². The van der Waals surface area contributed by atoms with Crippen molar-refractivity contribution in [1.29, 1.82) is 0 Å². The number of H-pyrrole nitrogens is 1. The van der Waals surface area contributed by atoms with Crippen LogP contribution in [0.5, 0.6) is 11.5 Å². The van der Waals surface area contributed by atoms with Gasteiger partial charge < -0.3 is 24.5 Å². The number of aromatic amines is 1. The molecule has 4 aromatic rings. The summed E-state index contributed by atoms with van der Waals surface area (Å²) in [6.07, 6.45) is 1.81. The van der Waals surface area contributed by atoms with Crippen molar-refractivity contribution in [3.8, 4) is 11.5 Å². The van der Waals surface area contributed by atoms with Gasteiger partial charge in [0, 0.05) is 33.8 Å². The maximum absolute atomic E-state index is 13.6. The second-order valence-electron chi connectivity index (χ2n) is 9.87. The number of aromatic nitrogens is 1. The molecule has 0 aliphatic carbocycles. The van der Waals surface area contributed by atoms with Gasteiger partial charge in [0.1, 0.15) is 17.3 Å². The van der Waals surface area contributed by atoms with Crippen LogP contribution in [0.25, 0.3) is 16.7 Å². The van der Waals surface area contributed by atoms with Crippen LogP contribution in [0, 0.1) is 0 Å². The number of hydrogen-bond acceptors (Lipinski definition) is 5. The number of methoxy groups -OCH3 is 1. The summed E-state index contributed by atoms with van der Waals surface area (Å²) in [5.41, 5.74) is 3.79. The Morgan fingerprint density at radius 1 is 1.03 bits per heavy atom. The molecule has 1 aliphatic heterocycles. The van der Waals surface area contributed by atoms with E-state index < -0.39 is 17.7 Å². The number of rotatable bonds is 8. The number of likely N-dealkylation sites (tertiary alicyclic amines) is 1. The Morgan fingerprint density at radius 3 is 2.51 bits per heavy atom. The average molecular weight is 525 g/mol. The number of nitrogens with one attached hydrogen (secondary N) is 1. The van der Waals surface area contributed by atoms with Gasteiger partial charge in [0.25, 0.3) is 11.7 Å². The van der Waals surface area contributed by atoms with Gasteiger partial charge in [0.05, 0.1) is 31.9 Å². The number of benzene rings is 3. The summed E-state index contributed by atoms with van der Waals surface area (Å²) in [5.74, 6) is -0.141. The Bertz CT molecular complexity index is 1580. The molecule has 0 spiro atoms. The van der Waals surface area contributed by atoms with Gasteiger partial charge >= 0.3 is 0 Å². The highest BCUT2D eigenvalue weighted by atomic mass is 16.5. The van der Waals surface area contributed by atoms with Crippen LogP contribution in [0.15, 0.2) is 78.5 Å². The maximum Gasteiger partial charge on any atom is 0.295 e. The maximum atomic E-state index is 13.6. The molecular weight excluding hydrogens is 492 g/mol. The number of nitrogens with zero attached hydrogens (tertiary/aromatic N) is 1. The fraction of sp³-hybridized carbons (Fsp3) is 0.250. The van der Waals surface area contributed by atoms with Crippen molar-refractivity contribution in [1.82, 2.24) is 9.88 Å². The number of ketones is 1. The highest BCUT2D eigenvalue weighted by Gasteiger charge is 2.47. The number of fused-ring (bicyclic) bond motifs is 1. The monoisotopic (exact) mass is 524 g/mol. The lowest BCUT2D eigenvalue weighted by Gasteiger charge is -2.25. The van der Waals surface area contributed by atoms with Crippen LogP contribution in [0.3, 0.4) is 0 Å². The summed E-state index contributed by atoms with van der Waals surface area (Å²) in [5, 5.41) is 12.5. The van der Waals surface area contributed by atoms with Crippen LogP contribution in [0.4, 0.5) is 0 Å². The molecule has 1 aliphatic rings. The average Bonchev–Trinajstić information content (AvgIpc) is 3.47. The van der Waals surface area contributed by atoms with Crippen molar-refractivity contribution < 1.29 is 24.2 Å². The Balaban J connectivity index is 1.70. The van der Waals surface area contributed by atoms with Gasteiger partial charge in [-0.05, 0) is 48.7 Å². The quantitative estimate of drug-likeness (QED) is 0.160. The Hall–Kier alpha value is -4.52. The molecular formula is C32H32N2O5. The zero-order valence-electron chi connectivity index (χ0n) is 22.5. The molecule has 3 aromatic carbocycles. The van der Waals surface area contributed by atoms with Gasteiger partial charge in [-0.3, -0.25) is 9.59 Å². The topological polar surface area (TPSA) is 91.9 Å². The summed E-state index contributed by atoms with van der Waals surface area (Å²) in [6, 6.07) is 19.7. The summed E-state index contributed by atoms with van der Waals surface area (Å²) < 4.78 is 11.3. The number of hydrogen-bond donors (Lipinski definition) is 2. The van der Waals surface area contributed by atoms with Crippen molar-refractivity contribution in [3.05, 3.63) is 101 Å². The zero-order valence-corrected chi connectivity index (χ0v) is 22.5. The summed E-state index contributed by atoms with van der Waals surface area (Å²) >= 11 is 0. The summed E-state index contributed by atoms with van der Waals surface area (Å²) in [7, 11) is 1.57. The van der Waals surface area contributed by atoms with Crippen molar-refractivity contribution in [3.63, 3.8) is 0 Å². The van der Waals surface area contributed by atoms with E-state index >= 15 is 0 Å². The molecule has 200 valence electrons. The third-order valence-corrected chi connectivity index (χ3v) is 7.19. The molecule has 39 heavy (non-hydrogen) atoms. The minimum Gasteiger partial charge on any atom is -0.507 e. The Kier molecular flexibility index (Phi) is 7.15. The van der Waals surface area contributed by atoms with Gasteiger partial charge in [-0.25, -0.2) is 0 Å². The molecule has 1 amide bonds. The SMILES string of the molecule is CCOc1ccc(/C(O)=C2\C(=O)C(=O)N(Cc3ccccc3OC)C2c2c[nH]c3ccccc23)cc1C(C)C. The van der Waals surface area contributed by atoms with E-state index in [0.717, 1.165) is 33.3 Å². The number of ether oxygens (including phenoxy) is 2. The van der Waals surface area contributed by atoms with Crippen LogP contribution in [-0.4, -0.2) is 40.4 Å². The van der Waals surface area contributed by atoms with E-state index in [4.69, 9.17) is 9.47 Å². The minimum absolute atomic E-state index is 0.0542. The number of aliphatic hydroxyl groups is 1. The van der Waals surface area contributed by atoms with Crippen molar-refractivity contribution >= 4 is 28.4 Å². The molecule has 2 heterocycles. The van der Waals surface area contributed by atoms with Crippen LogP contribution >= 0.6 is 0 Å². The molecule has 1 aromatic heterocycles. The molecule has 1 saturated heterocycles. The molecule has 1 fully saturated rings. The van der Waals surface area contributed by atoms with Gasteiger partial charge in [0.2, 0.25) is 0 Å². The van der Waals surface area contributed by atoms with E-state index in [-0.39, 0.29) is 23.8 Å². The highest BCUT2D eigenvalue weighted by Crippen LogP contribution is 2.43. The second kappa shape index (κ2) is 10.7. The third kappa shape index (κ3) is 4.65. The first kappa shape index (κ1) is 26.1. The zero-order chi connectivity index (χ0) is 27.7. The molecule has 0 radical (unpaired) electrons. The van der Waals surface area contributed by atoms with Gasteiger partial charge in [-0.15, -0.1) is 0 Å². The molecule has 1 unspecified atom stereocenters. The first-order valence-corrected chi connectivity index (χ1v) is 13.1. The lowest BCUT2D eigenvalue weighted by Crippen LogP contribution is -2.29. The summed E-state index contributed by atoms with van der Waals surface area (Å²) in [6.45, 7) is 6.65. The molecule has 0 bridgehead atoms. The highest BCUT2D eigenvalue weighted by molar-refractivity contribution is 6.46. The predicted octanol–water partition coefficient (Wildman–Crippen LogP) is 6.32. The van der Waals surface area contributed by atoms with E-state index in [1.54, 1.807) is 25.4 Å². The largest absolute Gasteiger partial charge is 0.507 e. The fourth-order valence-corrected chi connectivity index (χ4v) is 5.29. The van der Waals surface area contributed by atoms with E-state index in [9.17, 15) is 14.7 Å². The van der Waals surface area contributed by atoms with E-state index in [2.05, 4.69) is 4.98 Å². The number of para-hydroxylation sites is 2. The number of carbonyl (C=O) groups is 2. The number of carbonyl (C=O) groups excluding carboxylic acids is 2. The van der Waals surface area contributed by atoms with Crippen molar-refractivity contribution in [2.24, 2.45) is 0 Å². The van der Waals surface area contributed by atoms with E-state index in [0.29, 0.717) is 17.9 Å². The Morgan fingerprint density at radius 2 is 1.77 bits per heavy atom. The van der Waals surface area contributed by atoms with Crippen molar-refractivity contribution in [2.75, 3.05) is 13.7 Å². The molecule has 2 N–H and O–H groups in total. The second-order valence-corrected chi connectivity index (χ2v) is 9.87. The number of aliphatic hydroxyl groups excluding tert-OH is 1. The third-order valence-electron chi connectivity index (χ3n) is 7.19. The fourth-order valence-electron chi connectivity index (χ4n) is 5.29. The molecule has 1 atom stereocenters.